The lowest BCUT2D eigenvalue weighted by atomic mass is 9.76. The Balaban J connectivity index is 2.05. The molecule has 2 amide bonds. The van der Waals surface area contributed by atoms with Gasteiger partial charge < -0.3 is 14.8 Å². The second kappa shape index (κ2) is 5.31. The number of nitrogens with zero attached hydrogens (tertiary/aromatic N) is 2. The first-order valence-corrected chi connectivity index (χ1v) is 6.96. The molecule has 1 N–H and O–H groups in total. The van der Waals surface area contributed by atoms with Gasteiger partial charge in [-0.2, -0.15) is 0 Å². The maximum absolute atomic E-state index is 12.1. The summed E-state index contributed by atoms with van der Waals surface area (Å²) < 4.78 is 2.09. The fourth-order valence-corrected chi connectivity index (χ4v) is 2.65. The standard InChI is InChI=1S/C15H23N3O2/c1-15(2)9-12-11(13(19)10-15)5-7-18(12)8-6-16-14(20)17(3)4/h5,7H,6,8-10H2,1-4H3,(H,16,20). The molecule has 0 spiro atoms. The molecular weight excluding hydrogens is 254 g/mol. The fourth-order valence-electron chi connectivity index (χ4n) is 2.65. The monoisotopic (exact) mass is 277 g/mol. The van der Waals surface area contributed by atoms with Gasteiger partial charge in [-0.05, 0) is 17.9 Å². The van der Waals surface area contributed by atoms with Gasteiger partial charge in [0.05, 0.1) is 0 Å². The summed E-state index contributed by atoms with van der Waals surface area (Å²) in [4.78, 5) is 25.1. The third kappa shape index (κ3) is 3.03. The fraction of sp³-hybridized carbons (Fsp3) is 0.600. The molecule has 5 nitrogen and oxygen atoms in total. The molecule has 2 rings (SSSR count). The maximum Gasteiger partial charge on any atom is 0.316 e. The van der Waals surface area contributed by atoms with E-state index in [2.05, 4.69) is 23.7 Å². The molecular formula is C15H23N3O2. The van der Waals surface area contributed by atoms with Crippen molar-refractivity contribution in [1.82, 2.24) is 14.8 Å². The number of ketones is 1. The molecule has 1 aromatic rings. The predicted molar refractivity (Wildman–Crippen MR) is 78.0 cm³/mol. The van der Waals surface area contributed by atoms with Crippen LogP contribution < -0.4 is 5.32 Å². The maximum atomic E-state index is 12.1. The van der Waals surface area contributed by atoms with E-state index in [9.17, 15) is 9.59 Å². The zero-order chi connectivity index (χ0) is 14.9. The van der Waals surface area contributed by atoms with Crippen LogP contribution in [-0.2, 0) is 13.0 Å². The number of hydrogen-bond acceptors (Lipinski definition) is 2. The van der Waals surface area contributed by atoms with Crippen molar-refractivity contribution in [2.24, 2.45) is 5.41 Å². The third-order valence-electron chi connectivity index (χ3n) is 3.70. The summed E-state index contributed by atoms with van der Waals surface area (Å²) >= 11 is 0. The van der Waals surface area contributed by atoms with Crippen molar-refractivity contribution in [1.29, 1.82) is 0 Å². The highest BCUT2D eigenvalue weighted by molar-refractivity contribution is 5.98. The van der Waals surface area contributed by atoms with Crippen molar-refractivity contribution >= 4 is 11.8 Å². The molecule has 0 saturated heterocycles. The van der Waals surface area contributed by atoms with Gasteiger partial charge in [0, 0.05) is 51.1 Å². The quantitative estimate of drug-likeness (QED) is 0.917. The SMILES string of the molecule is CN(C)C(=O)NCCn1ccc2c1CC(C)(C)CC2=O. The summed E-state index contributed by atoms with van der Waals surface area (Å²) in [5.41, 5.74) is 1.97. The molecule has 0 atom stereocenters. The average Bonchev–Trinajstić information content (AvgIpc) is 2.70. The zero-order valence-electron chi connectivity index (χ0n) is 12.7. The number of Topliss-reactive ketones (excluding diaryl/α,β-unsaturated/α-hetero) is 1. The second-order valence-electron chi connectivity index (χ2n) is 6.44. The molecule has 0 aromatic carbocycles. The Morgan fingerprint density at radius 3 is 2.75 bits per heavy atom. The van der Waals surface area contributed by atoms with Crippen LogP contribution in [-0.4, -0.2) is 41.9 Å². The summed E-state index contributed by atoms with van der Waals surface area (Å²) in [7, 11) is 3.43. The summed E-state index contributed by atoms with van der Waals surface area (Å²) in [5, 5.41) is 2.84. The highest BCUT2D eigenvalue weighted by Crippen LogP contribution is 2.35. The first kappa shape index (κ1) is 14.6. The van der Waals surface area contributed by atoms with Crippen LogP contribution in [0.1, 0.15) is 36.3 Å². The number of urea groups is 1. The number of aromatic nitrogens is 1. The minimum atomic E-state index is -0.0950. The van der Waals surface area contributed by atoms with E-state index >= 15 is 0 Å². The van der Waals surface area contributed by atoms with Gasteiger partial charge in [0.15, 0.2) is 5.78 Å². The number of rotatable bonds is 3. The van der Waals surface area contributed by atoms with Gasteiger partial charge >= 0.3 is 6.03 Å². The van der Waals surface area contributed by atoms with E-state index in [0.29, 0.717) is 19.5 Å². The molecule has 110 valence electrons. The number of hydrogen-bond donors (Lipinski definition) is 1. The van der Waals surface area contributed by atoms with Crippen LogP contribution in [0.5, 0.6) is 0 Å². The van der Waals surface area contributed by atoms with Gasteiger partial charge in [0.1, 0.15) is 0 Å². The van der Waals surface area contributed by atoms with Crippen molar-refractivity contribution in [2.45, 2.75) is 33.2 Å². The second-order valence-corrected chi connectivity index (χ2v) is 6.44. The average molecular weight is 277 g/mol. The largest absolute Gasteiger partial charge is 0.349 e. The Morgan fingerprint density at radius 1 is 1.40 bits per heavy atom. The Labute approximate surface area is 119 Å². The Hall–Kier alpha value is -1.78. The number of carbonyl (C=O) groups is 2. The Morgan fingerprint density at radius 2 is 2.10 bits per heavy atom. The van der Waals surface area contributed by atoms with Gasteiger partial charge in [-0.3, -0.25) is 4.79 Å². The van der Waals surface area contributed by atoms with E-state index in [0.717, 1.165) is 17.7 Å². The highest BCUT2D eigenvalue weighted by atomic mass is 16.2. The van der Waals surface area contributed by atoms with Crippen molar-refractivity contribution in [3.63, 3.8) is 0 Å². The lowest BCUT2D eigenvalue weighted by Crippen LogP contribution is -2.36. The molecule has 0 bridgehead atoms. The number of carbonyl (C=O) groups excluding carboxylic acids is 2. The molecule has 0 fully saturated rings. The summed E-state index contributed by atoms with van der Waals surface area (Å²) in [6, 6.07) is 1.81. The van der Waals surface area contributed by atoms with Gasteiger partial charge in [0.2, 0.25) is 0 Å². The highest BCUT2D eigenvalue weighted by Gasteiger charge is 2.32. The van der Waals surface area contributed by atoms with Crippen LogP contribution in [0.2, 0.25) is 0 Å². The van der Waals surface area contributed by atoms with Crippen LogP contribution in [0, 0.1) is 5.41 Å². The number of fused-ring (bicyclic) bond motifs is 1. The Bertz CT molecular complexity index is 529. The summed E-state index contributed by atoms with van der Waals surface area (Å²) in [6.07, 6.45) is 3.47. The first-order chi connectivity index (χ1) is 9.30. The predicted octanol–water partition coefficient (Wildman–Crippen LogP) is 1.91. The van der Waals surface area contributed by atoms with Gasteiger partial charge in [-0.15, -0.1) is 0 Å². The minimum Gasteiger partial charge on any atom is -0.349 e. The van der Waals surface area contributed by atoms with E-state index in [-0.39, 0.29) is 17.2 Å². The Kier molecular flexibility index (Phi) is 3.88. The molecule has 20 heavy (non-hydrogen) atoms. The smallest absolute Gasteiger partial charge is 0.316 e. The van der Waals surface area contributed by atoms with Crippen LogP contribution in [0.25, 0.3) is 0 Å². The topological polar surface area (TPSA) is 54.3 Å². The molecule has 1 heterocycles. The molecule has 1 aliphatic carbocycles. The normalized spacial score (nSPS) is 16.7. The van der Waals surface area contributed by atoms with Crippen LogP contribution in [0.3, 0.4) is 0 Å². The van der Waals surface area contributed by atoms with Crippen molar-refractivity contribution in [2.75, 3.05) is 20.6 Å². The zero-order valence-corrected chi connectivity index (χ0v) is 12.7. The van der Waals surface area contributed by atoms with Crippen LogP contribution in [0.15, 0.2) is 12.3 Å². The van der Waals surface area contributed by atoms with E-state index < -0.39 is 0 Å². The van der Waals surface area contributed by atoms with Crippen LogP contribution >= 0.6 is 0 Å². The third-order valence-corrected chi connectivity index (χ3v) is 3.70. The lowest BCUT2D eigenvalue weighted by Gasteiger charge is -2.29. The summed E-state index contributed by atoms with van der Waals surface area (Å²) in [6.45, 7) is 5.50. The van der Waals surface area contributed by atoms with E-state index in [4.69, 9.17) is 0 Å². The number of amides is 2. The van der Waals surface area contributed by atoms with E-state index in [1.807, 2.05) is 12.3 Å². The molecule has 0 radical (unpaired) electrons. The molecule has 0 saturated carbocycles. The van der Waals surface area contributed by atoms with Crippen LogP contribution in [0.4, 0.5) is 4.79 Å². The van der Waals surface area contributed by atoms with Gasteiger partial charge in [-0.25, -0.2) is 4.79 Å². The lowest BCUT2D eigenvalue weighted by molar-refractivity contribution is 0.0910. The molecule has 5 heteroatoms. The first-order valence-electron chi connectivity index (χ1n) is 6.96. The van der Waals surface area contributed by atoms with E-state index in [1.165, 1.54) is 4.90 Å². The van der Waals surface area contributed by atoms with E-state index in [1.54, 1.807) is 14.1 Å². The van der Waals surface area contributed by atoms with Crippen molar-refractivity contribution in [3.05, 3.63) is 23.5 Å². The number of nitrogens with one attached hydrogen (secondary N) is 1. The molecule has 1 aliphatic rings. The van der Waals surface area contributed by atoms with Gasteiger partial charge in [0.25, 0.3) is 0 Å². The molecule has 1 aromatic heterocycles. The van der Waals surface area contributed by atoms with Crippen molar-refractivity contribution in [3.8, 4) is 0 Å². The summed E-state index contributed by atoms with van der Waals surface area (Å²) in [5.74, 6) is 0.229. The van der Waals surface area contributed by atoms with Crippen molar-refractivity contribution < 1.29 is 9.59 Å². The van der Waals surface area contributed by atoms with Gasteiger partial charge in [-0.1, -0.05) is 13.8 Å². The molecule has 0 unspecified atom stereocenters. The molecule has 0 aliphatic heterocycles. The minimum absolute atomic E-state index is 0.0209.